The highest BCUT2D eigenvalue weighted by Gasteiger charge is 2.27. The van der Waals surface area contributed by atoms with E-state index in [0.29, 0.717) is 17.4 Å². The zero-order valence-corrected chi connectivity index (χ0v) is 53.5. The Kier molecular flexibility index (Phi) is 58.6. The van der Waals surface area contributed by atoms with Crippen LogP contribution in [-0.4, -0.2) is 74.9 Å². The van der Waals surface area contributed by atoms with Crippen molar-refractivity contribution in [3.63, 3.8) is 0 Å². The molecule has 0 aliphatic carbocycles. The molecule has 0 saturated heterocycles. The third-order valence-corrected chi connectivity index (χ3v) is 15.8. The molecule has 0 heterocycles. The van der Waals surface area contributed by atoms with Gasteiger partial charge in [0.15, 0.2) is 6.10 Å². The van der Waals surface area contributed by atoms with E-state index >= 15 is 0 Å². The van der Waals surface area contributed by atoms with Gasteiger partial charge in [-0.2, -0.15) is 0 Å². The number of ether oxygens (including phenoxy) is 2. The number of hydrogen-bond acceptors (Lipinski definition) is 7. The summed E-state index contributed by atoms with van der Waals surface area (Å²) >= 11 is 0. The van der Waals surface area contributed by atoms with Crippen molar-refractivity contribution in [3.05, 3.63) is 60.8 Å². The number of unbranched alkanes of at least 4 members (excludes halogenated alkanes) is 38. The van der Waals surface area contributed by atoms with Gasteiger partial charge in [0.2, 0.25) is 0 Å². The van der Waals surface area contributed by atoms with Crippen LogP contribution in [-0.2, 0) is 32.7 Å². The van der Waals surface area contributed by atoms with Crippen LogP contribution in [0.4, 0.5) is 0 Å². The first-order valence-corrected chi connectivity index (χ1v) is 35.0. The number of rotatable bonds is 62. The van der Waals surface area contributed by atoms with Crippen LogP contribution in [0.15, 0.2) is 60.8 Å². The van der Waals surface area contributed by atoms with Gasteiger partial charge in [-0.25, -0.2) is 4.57 Å². The summed E-state index contributed by atoms with van der Waals surface area (Å²) in [5.41, 5.74) is 0. The van der Waals surface area contributed by atoms with E-state index in [4.69, 9.17) is 18.5 Å². The van der Waals surface area contributed by atoms with Gasteiger partial charge in [-0.05, 0) is 83.5 Å². The third-order valence-electron chi connectivity index (χ3n) is 14.8. The average molecular weight is 1130 g/mol. The normalized spacial score (nSPS) is 13.5. The summed E-state index contributed by atoms with van der Waals surface area (Å²) < 4.78 is 34.6. The van der Waals surface area contributed by atoms with Gasteiger partial charge in [-0.3, -0.25) is 18.6 Å². The number of carbonyl (C=O) groups excluding carboxylic acids is 2. The molecule has 2 unspecified atom stereocenters. The molecule has 2 atom stereocenters. The van der Waals surface area contributed by atoms with Crippen LogP contribution in [0.1, 0.15) is 316 Å². The third kappa shape index (κ3) is 64.7. The molecule has 0 bridgehead atoms. The molecule has 0 aliphatic heterocycles. The lowest BCUT2D eigenvalue weighted by molar-refractivity contribution is -0.870. The molecule has 0 aliphatic rings. The zero-order chi connectivity index (χ0) is 57.7. The fourth-order valence-electron chi connectivity index (χ4n) is 9.59. The van der Waals surface area contributed by atoms with Crippen molar-refractivity contribution in [1.82, 2.24) is 0 Å². The summed E-state index contributed by atoms with van der Waals surface area (Å²) in [6, 6.07) is 0. The minimum absolute atomic E-state index is 0.0298. The summed E-state index contributed by atoms with van der Waals surface area (Å²) in [4.78, 5) is 35.7. The van der Waals surface area contributed by atoms with Crippen LogP contribution < -0.4 is 0 Å². The standard InChI is InChI=1S/C69H128NO8P/c1-6-8-10-12-14-16-18-20-22-24-25-26-27-28-29-30-31-32-33-34-35-36-37-38-39-40-41-42-43-44-45-46-48-50-52-54-56-58-60-62-69(72)78-67(66-77-79(73,74)76-64-63-70(3,4)5)65-75-68(71)61-59-57-55-53-51-49-47-23-21-19-17-15-13-11-9-7-2/h17-20,23-25,27-28,47,67H,6-16,21-22,26,29-46,48-66H2,1-5H3/p+1/b19-17-,20-18-,25-24-,28-27-,47-23-. The summed E-state index contributed by atoms with van der Waals surface area (Å²) in [6.45, 7) is 4.42. The first kappa shape index (κ1) is 76.7. The van der Waals surface area contributed by atoms with Gasteiger partial charge in [-0.15, -0.1) is 0 Å². The second-order valence-corrected chi connectivity index (χ2v) is 25.3. The topological polar surface area (TPSA) is 108 Å². The van der Waals surface area contributed by atoms with Gasteiger partial charge in [0.05, 0.1) is 27.7 Å². The molecule has 0 fully saturated rings. The van der Waals surface area contributed by atoms with Crippen LogP contribution in [0.3, 0.4) is 0 Å². The molecule has 0 aromatic heterocycles. The van der Waals surface area contributed by atoms with Crippen molar-refractivity contribution in [1.29, 1.82) is 0 Å². The monoisotopic (exact) mass is 1130 g/mol. The van der Waals surface area contributed by atoms with Gasteiger partial charge in [0.25, 0.3) is 0 Å². The first-order chi connectivity index (χ1) is 38.5. The maximum Gasteiger partial charge on any atom is 0.472 e. The summed E-state index contributed by atoms with van der Waals surface area (Å²) in [6.07, 6.45) is 79.1. The van der Waals surface area contributed by atoms with E-state index in [1.54, 1.807) is 0 Å². The summed E-state index contributed by atoms with van der Waals surface area (Å²) in [5, 5.41) is 0. The van der Waals surface area contributed by atoms with Crippen LogP contribution in [0.5, 0.6) is 0 Å². The summed E-state index contributed by atoms with van der Waals surface area (Å²) in [5.74, 6) is -0.802. The molecule has 1 N–H and O–H groups in total. The van der Waals surface area contributed by atoms with Crippen molar-refractivity contribution in [2.75, 3.05) is 47.5 Å². The predicted molar refractivity (Wildman–Crippen MR) is 340 cm³/mol. The average Bonchev–Trinajstić information content (AvgIpc) is 3.41. The Morgan fingerprint density at radius 3 is 1.03 bits per heavy atom. The van der Waals surface area contributed by atoms with E-state index in [-0.39, 0.29) is 32.0 Å². The lowest BCUT2D eigenvalue weighted by Crippen LogP contribution is -2.37. The Balaban J connectivity index is 3.92. The molecule has 0 saturated carbocycles. The molecule has 0 spiro atoms. The van der Waals surface area contributed by atoms with Crippen molar-refractivity contribution >= 4 is 19.8 Å². The number of allylic oxidation sites excluding steroid dienone is 10. The molecule has 0 aromatic rings. The number of nitrogens with zero attached hydrogens (tertiary/aromatic N) is 1. The maximum atomic E-state index is 12.8. The second-order valence-electron chi connectivity index (χ2n) is 23.9. The number of phosphoric ester groups is 1. The quantitative estimate of drug-likeness (QED) is 0.0211. The number of esters is 2. The first-order valence-electron chi connectivity index (χ1n) is 33.5. The van der Waals surface area contributed by atoms with Crippen LogP contribution in [0.25, 0.3) is 0 Å². The van der Waals surface area contributed by atoms with Gasteiger partial charge in [0, 0.05) is 12.8 Å². The largest absolute Gasteiger partial charge is 0.472 e. The van der Waals surface area contributed by atoms with E-state index in [1.165, 1.54) is 212 Å². The van der Waals surface area contributed by atoms with Crippen molar-refractivity contribution in [2.45, 2.75) is 322 Å². The Hall–Kier alpha value is -2.29. The van der Waals surface area contributed by atoms with E-state index in [9.17, 15) is 19.0 Å². The van der Waals surface area contributed by atoms with Crippen molar-refractivity contribution < 1.29 is 42.1 Å². The number of likely N-dealkylation sites (N-methyl/N-ethyl adjacent to an activating group) is 1. The van der Waals surface area contributed by atoms with E-state index in [1.807, 2.05) is 21.1 Å². The minimum atomic E-state index is -4.39. The van der Waals surface area contributed by atoms with Crippen LogP contribution >= 0.6 is 7.82 Å². The predicted octanol–water partition coefficient (Wildman–Crippen LogP) is 21.4. The molecule has 462 valence electrons. The van der Waals surface area contributed by atoms with E-state index in [2.05, 4.69) is 74.6 Å². The van der Waals surface area contributed by atoms with E-state index < -0.39 is 26.5 Å². The lowest BCUT2D eigenvalue weighted by atomic mass is 10.0. The summed E-state index contributed by atoms with van der Waals surface area (Å²) in [7, 11) is 1.48. The minimum Gasteiger partial charge on any atom is -0.462 e. The molecule has 0 amide bonds. The van der Waals surface area contributed by atoms with Gasteiger partial charge >= 0.3 is 19.8 Å². The lowest BCUT2D eigenvalue weighted by Gasteiger charge is -2.24. The maximum absolute atomic E-state index is 12.8. The smallest absolute Gasteiger partial charge is 0.462 e. The highest BCUT2D eigenvalue weighted by atomic mass is 31.2. The molecule has 9 nitrogen and oxygen atoms in total. The Morgan fingerprint density at radius 2 is 0.684 bits per heavy atom. The molecule has 0 radical (unpaired) electrons. The van der Waals surface area contributed by atoms with Gasteiger partial charge < -0.3 is 18.9 Å². The molecule has 10 heteroatoms. The molecule has 79 heavy (non-hydrogen) atoms. The van der Waals surface area contributed by atoms with Crippen molar-refractivity contribution in [3.8, 4) is 0 Å². The highest BCUT2D eigenvalue weighted by Crippen LogP contribution is 2.43. The SMILES string of the molecule is CCCCCC/C=C\C/C=C\CCCCCCCC(=O)OCC(COP(=O)(O)OCC[N+](C)(C)C)OC(=O)CCCCCCCCCCCCCCCCCCCCCCCCCC/C=C\C/C=C\C/C=C\CCCCCCC. The van der Waals surface area contributed by atoms with Crippen LogP contribution in [0.2, 0.25) is 0 Å². The van der Waals surface area contributed by atoms with Crippen LogP contribution in [0, 0.1) is 0 Å². The van der Waals surface area contributed by atoms with Crippen molar-refractivity contribution in [2.24, 2.45) is 0 Å². The number of carbonyl (C=O) groups is 2. The fraction of sp³-hybridized carbons (Fsp3) is 0.826. The van der Waals surface area contributed by atoms with Gasteiger partial charge in [0.1, 0.15) is 19.8 Å². The molecule has 0 rings (SSSR count). The molecule has 0 aromatic carbocycles. The molecular formula is C69H129NO8P+. The second kappa shape index (κ2) is 60.3. The zero-order valence-electron chi connectivity index (χ0n) is 52.6. The fourth-order valence-corrected chi connectivity index (χ4v) is 10.3. The van der Waals surface area contributed by atoms with Gasteiger partial charge in [-0.1, -0.05) is 280 Å². The Morgan fingerprint density at radius 1 is 0.392 bits per heavy atom. The number of quaternary nitrogens is 1. The van der Waals surface area contributed by atoms with E-state index in [0.717, 1.165) is 70.6 Å². The Labute approximate surface area is 489 Å². The number of hydrogen-bond donors (Lipinski definition) is 1. The number of phosphoric acid groups is 1. The molecular weight excluding hydrogens is 1000 g/mol. The Bertz CT molecular complexity index is 1520. The highest BCUT2D eigenvalue weighted by molar-refractivity contribution is 7.47.